The van der Waals surface area contributed by atoms with Crippen molar-refractivity contribution in [2.75, 3.05) is 6.61 Å². The Bertz CT molecular complexity index is 1380. The van der Waals surface area contributed by atoms with E-state index in [0.717, 1.165) is 12.1 Å². The zero-order valence-corrected chi connectivity index (χ0v) is 19.0. The molecule has 0 aliphatic carbocycles. The van der Waals surface area contributed by atoms with Crippen LogP contribution in [0.25, 0.3) is 22.3 Å². The summed E-state index contributed by atoms with van der Waals surface area (Å²) in [7, 11) is 0. The summed E-state index contributed by atoms with van der Waals surface area (Å²) in [5.74, 6) is -4.15. The number of ether oxygens (including phenoxy) is 2. The minimum Gasteiger partial charge on any atom is -0.508 e. The van der Waals surface area contributed by atoms with E-state index in [2.05, 4.69) is 0 Å². The van der Waals surface area contributed by atoms with E-state index >= 15 is 0 Å². The molecule has 3 aromatic rings. The molecule has 0 unspecified atom stereocenters. The fourth-order valence-electron chi connectivity index (χ4n) is 4.06. The highest BCUT2D eigenvalue weighted by Gasteiger charge is 2.48. The first-order chi connectivity index (χ1) is 17.5. The van der Waals surface area contributed by atoms with Gasteiger partial charge in [-0.15, -0.1) is 0 Å². The average Bonchev–Trinajstić information content (AvgIpc) is 2.85. The standard InChI is InChI=1S/C24H24O13/c25-5-1-2-9-6-10(26)3-4-11(9)13-7-12(27)16-14(35-13)8-15(17(28)18(16)29)36-24-21(32)19(30)20(31)22(37-24)23(33)34/h3-4,6-8,19-22,24-26,28-32H,1-2,5H2,(H,33,34)/t19-,20-,21+,22-,24-/m0/s1. The van der Waals surface area contributed by atoms with Crippen LogP contribution >= 0.6 is 0 Å². The van der Waals surface area contributed by atoms with E-state index in [4.69, 9.17) is 13.9 Å². The summed E-state index contributed by atoms with van der Waals surface area (Å²) in [5.41, 5.74) is -0.0420. The molecule has 198 valence electrons. The van der Waals surface area contributed by atoms with Gasteiger partial charge >= 0.3 is 5.97 Å². The van der Waals surface area contributed by atoms with E-state index in [-0.39, 0.29) is 23.7 Å². The molecule has 2 aromatic carbocycles. The number of carboxylic acid groups (broad SMARTS) is 1. The molecule has 1 saturated heterocycles. The first-order valence-corrected chi connectivity index (χ1v) is 11.1. The van der Waals surface area contributed by atoms with Gasteiger partial charge in [-0.2, -0.15) is 0 Å². The van der Waals surface area contributed by atoms with Gasteiger partial charge in [0.15, 0.2) is 23.0 Å². The van der Waals surface area contributed by atoms with Gasteiger partial charge in [0, 0.05) is 24.3 Å². The van der Waals surface area contributed by atoms with Gasteiger partial charge in [0.1, 0.15) is 40.8 Å². The van der Waals surface area contributed by atoms with Gasteiger partial charge in [-0.1, -0.05) is 0 Å². The second-order valence-electron chi connectivity index (χ2n) is 8.44. The number of fused-ring (bicyclic) bond motifs is 1. The fraction of sp³-hybridized carbons (Fsp3) is 0.333. The van der Waals surface area contributed by atoms with Gasteiger partial charge in [0.25, 0.3) is 0 Å². The molecule has 0 spiro atoms. The van der Waals surface area contributed by atoms with Crippen molar-refractivity contribution in [2.24, 2.45) is 0 Å². The Morgan fingerprint density at radius 3 is 2.38 bits per heavy atom. The number of aliphatic hydroxyl groups is 4. The summed E-state index contributed by atoms with van der Waals surface area (Å²) in [6.07, 6.45) is -9.08. The summed E-state index contributed by atoms with van der Waals surface area (Å²) in [4.78, 5) is 24.2. The highest BCUT2D eigenvalue weighted by atomic mass is 16.7. The Hall–Kier alpha value is -3.88. The Balaban J connectivity index is 1.78. The third-order valence-corrected chi connectivity index (χ3v) is 5.95. The lowest BCUT2D eigenvalue weighted by molar-refractivity contribution is -0.271. The van der Waals surface area contributed by atoms with Crippen LogP contribution in [0, 0.1) is 0 Å². The van der Waals surface area contributed by atoms with Crippen LogP contribution in [0.4, 0.5) is 0 Å². The normalized spacial score (nSPS) is 23.7. The number of aromatic hydroxyl groups is 3. The summed E-state index contributed by atoms with van der Waals surface area (Å²) >= 11 is 0. The van der Waals surface area contributed by atoms with Crippen LogP contribution in [0.3, 0.4) is 0 Å². The summed E-state index contributed by atoms with van der Waals surface area (Å²) in [6, 6.07) is 6.37. The predicted octanol–water partition coefficient (Wildman–Crippen LogP) is -0.227. The first kappa shape index (κ1) is 26.2. The second-order valence-corrected chi connectivity index (χ2v) is 8.44. The monoisotopic (exact) mass is 520 g/mol. The molecule has 0 bridgehead atoms. The van der Waals surface area contributed by atoms with Gasteiger partial charge in [-0.25, -0.2) is 4.79 Å². The van der Waals surface area contributed by atoms with Gasteiger partial charge in [-0.05, 0) is 36.6 Å². The zero-order valence-electron chi connectivity index (χ0n) is 19.0. The number of aryl methyl sites for hydroxylation is 1. The number of benzene rings is 2. The molecule has 8 N–H and O–H groups in total. The van der Waals surface area contributed by atoms with Gasteiger partial charge in [-0.3, -0.25) is 4.79 Å². The average molecular weight is 520 g/mol. The Morgan fingerprint density at radius 2 is 1.70 bits per heavy atom. The maximum Gasteiger partial charge on any atom is 0.335 e. The van der Waals surface area contributed by atoms with Crippen molar-refractivity contribution in [3.8, 4) is 34.3 Å². The number of phenolic OH excluding ortho intramolecular Hbond substituents is 3. The summed E-state index contributed by atoms with van der Waals surface area (Å²) < 4.78 is 16.1. The molecule has 0 radical (unpaired) electrons. The molecule has 1 fully saturated rings. The van der Waals surface area contributed by atoms with E-state index in [1.54, 1.807) is 0 Å². The van der Waals surface area contributed by atoms with Crippen molar-refractivity contribution >= 4 is 16.9 Å². The first-order valence-electron chi connectivity index (χ1n) is 11.1. The second kappa shape index (κ2) is 10.2. The topological polar surface area (TPSA) is 228 Å². The Morgan fingerprint density at radius 1 is 0.973 bits per heavy atom. The Labute approximate surface area is 207 Å². The highest BCUT2D eigenvalue weighted by Crippen LogP contribution is 2.43. The van der Waals surface area contributed by atoms with E-state index in [1.807, 2.05) is 0 Å². The fourth-order valence-corrected chi connectivity index (χ4v) is 4.06. The van der Waals surface area contributed by atoms with Crippen molar-refractivity contribution in [2.45, 2.75) is 43.5 Å². The van der Waals surface area contributed by atoms with Crippen LogP contribution < -0.4 is 10.2 Å². The number of aliphatic carboxylic acids is 1. The minimum absolute atomic E-state index is 0.0277. The molecule has 1 aromatic heterocycles. The molecule has 1 aliphatic heterocycles. The lowest BCUT2D eigenvalue weighted by atomic mass is 9.99. The lowest BCUT2D eigenvalue weighted by Crippen LogP contribution is -2.61. The highest BCUT2D eigenvalue weighted by molar-refractivity contribution is 5.89. The van der Waals surface area contributed by atoms with E-state index in [0.29, 0.717) is 24.0 Å². The van der Waals surface area contributed by atoms with Crippen LogP contribution in [0.15, 0.2) is 39.5 Å². The quantitative estimate of drug-likeness (QED) is 0.189. The van der Waals surface area contributed by atoms with Crippen molar-refractivity contribution in [3.63, 3.8) is 0 Å². The van der Waals surface area contributed by atoms with E-state index in [9.17, 15) is 50.4 Å². The summed E-state index contributed by atoms with van der Waals surface area (Å²) in [6.45, 7) is -0.117. The molecule has 13 nitrogen and oxygen atoms in total. The third kappa shape index (κ3) is 4.90. The smallest absolute Gasteiger partial charge is 0.335 e. The van der Waals surface area contributed by atoms with Crippen molar-refractivity contribution in [1.29, 1.82) is 0 Å². The van der Waals surface area contributed by atoms with Gasteiger partial charge in [0.05, 0.1) is 0 Å². The number of aliphatic hydroxyl groups excluding tert-OH is 4. The lowest BCUT2D eigenvalue weighted by Gasteiger charge is -2.38. The van der Waals surface area contributed by atoms with Crippen molar-refractivity contribution in [3.05, 3.63) is 46.1 Å². The molecular formula is C24H24O13. The molecule has 4 rings (SSSR count). The molecule has 13 heteroatoms. The van der Waals surface area contributed by atoms with Crippen LogP contribution in [-0.4, -0.2) is 84.1 Å². The predicted molar refractivity (Wildman–Crippen MR) is 123 cm³/mol. The molecule has 37 heavy (non-hydrogen) atoms. The van der Waals surface area contributed by atoms with Crippen LogP contribution in [0.5, 0.6) is 23.0 Å². The van der Waals surface area contributed by atoms with Gasteiger partial charge in [0.2, 0.25) is 12.0 Å². The number of rotatable bonds is 7. The molecular weight excluding hydrogens is 496 g/mol. The van der Waals surface area contributed by atoms with E-state index in [1.165, 1.54) is 18.2 Å². The number of carboxylic acids is 1. The number of carbonyl (C=O) groups is 1. The van der Waals surface area contributed by atoms with Crippen molar-refractivity contribution < 1.29 is 59.5 Å². The van der Waals surface area contributed by atoms with Crippen molar-refractivity contribution in [1.82, 2.24) is 0 Å². The molecule has 2 heterocycles. The van der Waals surface area contributed by atoms with Gasteiger partial charge < -0.3 is 54.7 Å². The maximum absolute atomic E-state index is 12.8. The molecule has 5 atom stereocenters. The summed E-state index contributed by atoms with van der Waals surface area (Å²) in [5, 5.41) is 78.7. The minimum atomic E-state index is -1.98. The number of phenols is 3. The largest absolute Gasteiger partial charge is 0.508 e. The van der Waals surface area contributed by atoms with E-state index < -0.39 is 64.7 Å². The van der Waals surface area contributed by atoms with Crippen LogP contribution in [-0.2, 0) is 16.0 Å². The zero-order chi connectivity index (χ0) is 27.0. The maximum atomic E-state index is 12.8. The molecule has 0 amide bonds. The Kier molecular flexibility index (Phi) is 7.25. The molecule has 0 saturated carbocycles. The number of hydrogen-bond donors (Lipinski definition) is 8. The molecule has 1 aliphatic rings. The third-order valence-electron chi connectivity index (χ3n) is 5.95. The SMILES string of the molecule is O=C(O)[C@H]1O[C@H](Oc2cc3oc(-c4ccc(O)cc4CCCO)cc(=O)c3c(O)c2O)[C@H](O)[C@@H](O)[C@@H]1O. The van der Waals surface area contributed by atoms with Crippen LogP contribution in [0.1, 0.15) is 12.0 Å². The number of hydrogen-bond acceptors (Lipinski definition) is 12. The van der Waals surface area contributed by atoms with Crippen LogP contribution in [0.2, 0.25) is 0 Å².